The molecule has 0 aromatic heterocycles. The first-order chi connectivity index (χ1) is 9.85. The molecule has 0 aliphatic carbocycles. The van der Waals surface area contributed by atoms with Gasteiger partial charge in [0, 0.05) is 10.7 Å². The molecule has 7 heteroatoms. The van der Waals surface area contributed by atoms with Crippen molar-refractivity contribution in [1.82, 2.24) is 0 Å². The van der Waals surface area contributed by atoms with Crippen molar-refractivity contribution < 1.29 is 17.9 Å². The van der Waals surface area contributed by atoms with Gasteiger partial charge in [-0.3, -0.25) is 4.72 Å². The first-order valence-electron chi connectivity index (χ1n) is 6.05. The molecular formula is C14H13ClFNO3S. The molecule has 0 heterocycles. The first-order valence-corrected chi connectivity index (χ1v) is 8.08. The van der Waals surface area contributed by atoms with E-state index in [0.717, 1.165) is 12.1 Å². The minimum atomic E-state index is -3.74. The summed E-state index contributed by atoms with van der Waals surface area (Å²) in [6.07, 6.45) is -1.24. The molecule has 21 heavy (non-hydrogen) atoms. The summed E-state index contributed by atoms with van der Waals surface area (Å²) in [5.74, 6) is -0.977. The Morgan fingerprint density at radius 1 is 1.10 bits per heavy atom. The van der Waals surface area contributed by atoms with Gasteiger partial charge in [-0.2, -0.15) is 0 Å². The zero-order valence-corrected chi connectivity index (χ0v) is 12.4. The maximum Gasteiger partial charge on any atom is 0.235 e. The van der Waals surface area contributed by atoms with E-state index in [0.29, 0.717) is 16.3 Å². The van der Waals surface area contributed by atoms with Gasteiger partial charge >= 0.3 is 0 Å². The third-order valence-corrected chi connectivity index (χ3v) is 4.30. The third-order valence-electron chi connectivity index (χ3n) is 2.75. The van der Waals surface area contributed by atoms with Crippen molar-refractivity contribution >= 4 is 27.3 Å². The van der Waals surface area contributed by atoms with Gasteiger partial charge in [0.25, 0.3) is 0 Å². The number of aliphatic hydroxyl groups excluding tert-OH is 1. The molecular weight excluding hydrogens is 317 g/mol. The number of rotatable bonds is 5. The van der Waals surface area contributed by atoms with Gasteiger partial charge in [0.1, 0.15) is 5.82 Å². The fraction of sp³-hybridized carbons (Fsp3) is 0.143. The number of benzene rings is 2. The Morgan fingerprint density at radius 3 is 2.24 bits per heavy atom. The van der Waals surface area contributed by atoms with Gasteiger partial charge in [0.2, 0.25) is 10.0 Å². The summed E-state index contributed by atoms with van der Waals surface area (Å²) in [5.41, 5.74) is 0.684. The summed E-state index contributed by atoms with van der Waals surface area (Å²) in [5, 5.41) is 10.4. The predicted molar refractivity (Wildman–Crippen MR) is 80.2 cm³/mol. The molecule has 2 N–H and O–H groups in total. The molecule has 2 aromatic rings. The molecule has 0 amide bonds. The molecule has 1 atom stereocenters. The van der Waals surface area contributed by atoms with Crippen LogP contribution in [0.1, 0.15) is 11.7 Å². The molecule has 1 unspecified atom stereocenters. The number of hydrogen-bond acceptors (Lipinski definition) is 3. The van der Waals surface area contributed by atoms with Crippen molar-refractivity contribution in [3.05, 3.63) is 64.9 Å². The molecule has 112 valence electrons. The summed E-state index contributed by atoms with van der Waals surface area (Å²) in [6, 6.07) is 11.2. The molecule has 0 fully saturated rings. The van der Waals surface area contributed by atoms with E-state index < -0.39 is 27.7 Å². The average molecular weight is 330 g/mol. The Labute approximate surface area is 127 Å². The number of nitrogens with one attached hydrogen (secondary N) is 1. The predicted octanol–water partition coefficient (Wildman–Crippen LogP) is 2.95. The smallest absolute Gasteiger partial charge is 0.235 e. The lowest BCUT2D eigenvalue weighted by Crippen LogP contribution is -2.21. The van der Waals surface area contributed by atoms with Crippen molar-refractivity contribution in [1.29, 1.82) is 0 Å². The van der Waals surface area contributed by atoms with Gasteiger partial charge in [-0.25, -0.2) is 12.8 Å². The summed E-state index contributed by atoms with van der Waals surface area (Å²) >= 11 is 5.71. The summed E-state index contributed by atoms with van der Waals surface area (Å²) in [6.45, 7) is 0. The zero-order valence-electron chi connectivity index (χ0n) is 10.8. The Kier molecular flexibility index (Phi) is 4.82. The third kappa shape index (κ3) is 4.70. The highest BCUT2D eigenvalue weighted by molar-refractivity contribution is 7.92. The van der Waals surface area contributed by atoms with Gasteiger partial charge in [0.15, 0.2) is 0 Å². The van der Waals surface area contributed by atoms with E-state index in [-0.39, 0.29) is 0 Å². The number of sulfonamides is 1. The lowest BCUT2D eigenvalue weighted by Gasteiger charge is -2.13. The fourth-order valence-corrected chi connectivity index (χ4v) is 3.04. The second kappa shape index (κ2) is 6.43. The van der Waals surface area contributed by atoms with Crippen molar-refractivity contribution in [2.45, 2.75) is 6.10 Å². The van der Waals surface area contributed by atoms with E-state index in [2.05, 4.69) is 4.72 Å². The average Bonchev–Trinajstić information content (AvgIpc) is 2.41. The number of hydrogen-bond donors (Lipinski definition) is 2. The molecule has 0 saturated heterocycles. The van der Waals surface area contributed by atoms with Gasteiger partial charge < -0.3 is 5.11 Å². The lowest BCUT2D eigenvalue weighted by atomic mass is 10.1. The van der Waals surface area contributed by atoms with E-state index >= 15 is 0 Å². The van der Waals surface area contributed by atoms with Crippen LogP contribution >= 0.6 is 11.6 Å². The highest BCUT2D eigenvalue weighted by Gasteiger charge is 2.18. The maximum atomic E-state index is 12.8. The van der Waals surface area contributed by atoms with Crippen LogP contribution in [-0.2, 0) is 10.0 Å². The minimum absolute atomic E-state index is 0.331. The molecule has 2 rings (SSSR count). The Hall–Kier alpha value is -1.63. The molecule has 0 spiro atoms. The highest BCUT2D eigenvalue weighted by atomic mass is 35.5. The summed E-state index contributed by atoms with van der Waals surface area (Å²) < 4.78 is 39.0. The molecule has 0 aliphatic heterocycles. The van der Waals surface area contributed by atoms with Crippen molar-refractivity contribution in [3.63, 3.8) is 0 Å². The van der Waals surface area contributed by atoms with Crippen molar-refractivity contribution in [2.24, 2.45) is 0 Å². The van der Waals surface area contributed by atoms with Crippen LogP contribution in [0.2, 0.25) is 5.02 Å². The fourth-order valence-electron chi connectivity index (χ4n) is 1.73. The monoisotopic (exact) mass is 329 g/mol. The number of anilines is 1. The van der Waals surface area contributed by atoms with Crippen LogP contribution in [0.4, 0.5) is 10.1 Å². The van der Waals surface area contributed by atoms with E-state index in [1.807, 2.05) is 0 Å². The molecule has 0 radical (unpaired) electrons. The quantitative estimate of drug-likeness (QED) is 0.886. The van der Waals surface area contributed by atoms with Crippen LogP contribution < -0.4 is 4.72 Å². The summed E-state index contributed by atoms with van der Waals surface area (Å²) in [7, 11) is -3.74. The Balaban J connectivity index is 2.06. The van der Waals surface area contributed by atoms with Crippen LogP contribution in [0, 0.1) is 5.82 Å². The number of aliphatic hydroxyl groups is 1. The summed E-state index contributed by atoms with van der Waals surface area (Å²) in [4.78, 5) is 0. The standard InChI is InChI=1S/C14H13ClFNO3S/c15-11-3-7-13(8-4-11)17-21(19,20)9-14(18)10-1-5-12(16)6-2-10/h1-8,14,17-18H,9H2. The molecule has 0 saturated carbocycles. The highest BCUT2D eigenvalue weighted by Crippen LogP contribution is 2.19. The van der Waals surface area contributed by atoms with Crippen LogP contribution in [0.15, 0.2) is 48.5 Å². The first kappa shape index (κ1) is 15.8. The molecule has 2 aromatic carbocycles. The molecule has 0 bridgehead atoms. The van der Waals surface area contributed by atoms with Crippen molar-refractivity contribution in [3.8, 4) is 0 Å². The van der Waals surface area contributed by atoms with E-state index in [9.17, 15) is 17.9 Å². The van der Waals surface area contributed by atoms with Crippen LogP contribution in [0.5, 0.6) is 0 Å². The van der Waals surface area contributed by atoms with Crippen molar-refractivity contribution in [2.75, 3.05) is 10.5 Å². The minimum Gasteiger partial charge on any atom is -0.387 e. The van der Waals surface area contributed by atoms with Gasteiger partial charge in [0.05, 0.1) is 11.9 Å². The normalized spacial score (nSPS) is 12.9. The topological polar surface area (TPSA) is 66.4 Å². The maximum absolute atomic E-state index is 12.8. The van der Waals surface area contributed by atoms with Gasteiger partial charge in [-0.15, -0.1) is 0 Å². The Morgan fingerprint density at radius 2 is 1.67 bits per heavy atom. The lowest BCUT2D eigenvalue weighted by molar-refractivity contribution is 0.201. The Bertz CT molecular complexity index is 702. The van der Waals surface area contributed by atoms with Gasteiger partial charge in [-0.1, -0.05) is 23.7 Å². The van der Waals surface area contributed by atoms with Gasteiger partial charge in [-0.05, 0) is 42.0 Å². The second-order valence-electron chi connectivity index (χ2n) is 4.46. The molecule has 0 aliphatic rings. The van der Waals surface area contributed by atoms with E-state index in [1.165, 1.54) is 24.3 Å². The van der Waals surface area contributed by atoms with E-state index in [4.69, 9.17) is 11.6 Å². The zero-order chi connectivity index (χ0) is 15.5. The SMILES string of the molecule is O=S(=O)(CC(O)c1ccc(F)cc1)Nc1ccc(Cl)cc1. The van der Waals surface area contributed by atoms with E-state index in [1.54, 1.807) is 12.1 Å². The number of halogens is 2. The molecule has 4 nitrogen and oxygen atoms in total. The largest absolute Gasteiger partial charge is 0.387 e. The van der Waals surface area contributed by atoms with Crippen LogP contribution in [-0.4, -0.2) is 19.3 Å². The van der Waals surface area contributed by atoms with Crippen LogP contribution in [0.25, 0.3) is 0 Å². The van der Waals surface area contributed by atoms with Crippen LogP contribution in [0.3, 0.4) is 0 Å². The second-order valence-corrected chi connectivity index (χ2v) is 6.66.